The molecule has 506 valence electrons. The standard InChI is InChI=1S/C64H87FN12O15S/c1-41(2)58(71-54(79)12-8-7-9-24-77-55(80)21-22-56(77)81)61(84)70-52(11-10-23-67-62(66)85)60(83)69-48-17-15-45(16-18-48)40-90-63(86)74-25-27-75(28-26-74)64(87)91-53-20-14-43(4)59(92-57(82)37-50(78)19-13-42(53)3)44(5)33-46-34-47(65)36-49(35-46)73-29-31-76(32-30-73)93(88,89)51-38-68-72(6)39-51/h14-18,20-22,33-36,38-39,41-43,50,52-53,58-59,78H,7-13,19,23-32,37,40H2,1-6H3,(H,69,83)(H,70,84)(H,71,79)(H3,66,67,85)/b20-14+,44-33+/t42-,43-,50+,52-,53-,58-,59-/m0/s1. The number of rotatable bonds is 24. The molecule has 0 spiro atoms. The Morgan fingerprint density at radius 1 is 0.849 bits per heavy atom. The van der Waals surface area contributed by atoms with Crippen LogP contribution in [-0.4, -0.2) is 192 Å². The predicted molar refractivity (Wildman–Crippen MR) is 340 cm³/mol. The molecular formula is C64H87FN12O15S. The number of hydrogen-bond donors (Lipinski definition) is 6. The van der Waals surface area contributed by atoms with E-state index in [2.05, 4.69) is 26.4 Å². The number of aliphatic hydroxyl groups excluding tert-OH is 1. The number of esters is 1. The third-order valence-electron chi connectivity index (χ3n) is 16.6. The Morgan fingerprint density at radius 2 is 1.53 bits per heavy atom. The number of unbranched alkanes of at least 4 members (excludes halogenated alkanes) is 2. The Balaban J connectivity index is 0.884. The number of imide groups is 1. The first-order chi connectivity index (χ1) is 44.2. The van der Waals surface area contributed by atoms with Gasteiger partial charge in [0.15, 0.2) is 0 Å². The normalized spacial score (nSPS) is 21.2. The van der Waals surface area contributed by atoms with Crippen LogP contribution in [0.2, 0.25) is 0 Å². The number of sulfonamides is 1. The number of cyclic esters (lactones) is 1. The second kappa shape index (κ2) is 33.7. The van der Waals surface area contributed by atoms with E-state index in [-0.39, 0.29) is 126 Å². The molecule has 2 aromatic carbocycles. The fourth-order valence-corrected chi connectivity index (χ4v) is 12.6. The Bertz CT molecular complexity index is 3340. The zero-order valence-electron chi connectivity index (χ0n) is 53.5. The molecule has 0 unspecified atom stereocenters. The van der Waals surface area contributed by atoms with E-state index in [9.17, 15) is 56.7 Å². The number of amides is 9. The highest BCUT2D eigenvalue weighted by Crippen LogP contribution is 2.29. The van der Waals surface area contributed by atoms with Crippen molar-refractivity contribution in [2.75, 3.05) is 75.7 Å². The molecule has 27 nitrogen and oxygen atoms in total. The van der Waals surface area contributed by atoms with Crippen LogP contribution in [0, 0.1) is 23.6 Å². The third kappa shape index (κ3) is 21.2. The maximum Gasteiger partial charge on any atom is 0.410 e. The molecule has 4 aliphatic rings. The summed E-state index contributed by atoms with van der Waals surface area (Å²) in [6, 6.07) is 8.18. The third-order valence-corrected chi connectivity index (χ3v) is 18.5. The van der Waals surface area contributed by atoms with Crippen LogP contribution < -0.4 is 31.9 Å². The molecule has 4 aliphatic heterocycles. The van der Waals surface area contributed by atoms with Crippen LogP contribution in [0.25, 0.3) is 6.08 Å². The van der Waals surface area contributed by atoms with E-state index in [1.54, 1.807) is 76.4 Å². The second-order valence-corrected chi connectivity index (χ2v) is 26.2. The summed E-state index contributed by atoms with van der Waals surface area (Å²) in [7, 11) is -2.12. The Hall–Kier alpha value is -8.70. The average Bonchev–Trinajstić information content (AvgIpc) is 1.84. The van der Waals surface area contributed by atoms with Crippen molar-refractivity contribution in [1.82, 2.24) is 44.7 Å². The van der Waals surface area contributed by atoms with Crippen LogP contribution >= 0.6 is 0 Å². The first-order valence-electron chi connectivity index (χ1n) is 31.5. The van der Waals surface area contributed by atoms with Crippen molar-refractivity contribution in [3.8, 4) is 0 Å². The minimum atomic E-state index is -3.76. The summed E-state index contributed by atoms with van der Waals surface area (Å²) in [6.45, 7) is 10.7. The molecule has 1 aromatic heterocycles. The molecule has 2 fully saturated rings. The van der Waals surface area contributed by atoms with Gasteiger partial charge in [-0.1, -0.05) is 58.4 Å². The van der Waals surface area contributed by atoms with Gasteiger partial charge in [0.2, 0.25) is 27.7 Å². The second-order valence-electron chi connectivity index (χ2n) is 24.3. The summed E-state index contributed by atoms with van der Waals surface area (Å²) < 4.78 is 62.3. The van der Waals surface area contributed by atoms with Gasteiger partial charge in [0.05, 0.1) is 18.7 Å². The van der Waals surface area contributed by atoms with Crippen LogP contribution in [0.4, 0.5) is 30.1 Å². The molecule has 2 saturated heterocycles. The molecular weight excluding hydrogens is 1230 g/mol. The van der Waals surface area contributed by atoms with Crippen molar-refractivity contribution in [1.29, 1.82) is 0 Å². The summed E-state index contributed by atoms with van der Waals surface area (Å²) >= 11 is 0. The molecule has 5 heterocycles. The van der Waals surface area contributed by atoms with Crippen LogP contribution in [0.15, 0.2) is 89.6 Å². The number of halogens is 1. The lowest BCUT2D eigenvalue weighted by Crippen LogP contribution is -2.54. The topological polar surface area (TPSA) is 344 Å². The lowest BCUT2D eigenvalue weighted by atomic mass is 9.91. The number of aromatic nitrogens is 2. The van der Waals surface area contributed by atoms with E-state index in [1.165, 1.54) is 55.5 Å². The van der Waals surface area contributed by atoms with Gasteiger partial charge < -0.3 is 61.0 Å². The summed E-state index contributed by atoms with van der Waals surface area (Å²) in [6.07, 6.45) is 8.88. The van der Waals surface area contributed by atoms with Crippen molar-refractivity contribution in [2.24, 2.45) is 30.5 Å². The van der Waals surface area contributed by atoms with Gasteiger partial charge >= 0.3 is 24.2 Å². The predicted octanol–water partition coefficient (Wildman–Crippen LogP) is 4.72. The number of aryl methyl sites for hydroxylation is 1. The number of urea groups is 1. The molecule has 0 radical (unpaired) electrons. The van der Waals surface area contributed by atoms with E-state index in [0.29, 0.717) is 66.8 Å². The van der Waals surface area contributed by atoms with Gasteiger partial charge in [-0.3, -0.25) is 38.3 Å². The molecule has 93 heavy (non-hydrogen) atoms. The highest BCUT2D eigenvalue weighted by molar-refractivity contribution is 7.89. The minimum absolute atomic E-state index is 0.0923. The SMILES string of the molecule is C/C(=C\c1cc(F)cc(N2CCN(S(=O)(=O)c3cnn(C)c3)CC2)c1)[C@H]1OC(=O)C[C@H](O)CC[C@H](C)[C@@H](OC(=O)N2CCN(C(=O)OCc3ccc(NC(=O)[C@H](CCCNC(N)=O)NC(=O)[C@@H](NC(=O)CCCCCN4C(=O)C=CC4=O)C(C)C)cc3)CC2)/C=C/[C@@H]1C. The van der Waals surface area contributed by atoms with Gasteiger partial charge in [-0.2, -0.15) is 9.40 Å². The molecule has 7 N–H and O–H groups in total. The number of carbonyl (C=O) groups is 9. The first-order valence-corrected chi connectivity index (χ1v) is 32.9. The Labute approximate surface area is 541 Å². The van der Waals surface area contributed by atoms with Gasteiger partial charge in [0, 0.05) is 115 Å². The number of piperazine rings is 2. The maximum atomic E-state index is 15.3. The largest absolute Gasteiger partial charge is 0.457 e. The van der Waals surface area contributed by atoms with Crippen LogP contribution in [0.3, 0.4) is 0 Å². The summed E-state index contributed by atoms with van der Waals surface area (Å²) in [5.41, 5.74) is 7.79. The van der Waals surface area contributed by atoms with Gasteiger partial charge in [0.25, 0.3) is 11.8 Å². The maximum absolute atomic E-state index is 15.3. The zero-order valence-corrected chi connectivity index (χ0v) is 54.3. The number of hydrogen-bond acceptors (Lipinski definition) is 17. The van der Waals surface area contributed by atoms with E-state index >= 15 is 4.39 Å². The van der Waals surface area contributed by atoms with E-state index in [4.69, 9.17) is 19.9 Å². The van der Waals surface area contributed by atoms with E-state index in [1.807, 2.05) is 18.7 Å². The first kappa shape index (κ1) is 71.7. The quantitative estimate of drug-likeness (QED) is 0.0232. The molecule has 0 bridgehead atoms. The Kier molecular flexibility index (Phi) is 26.0. The number of anilines is 2. The number of primary amides is 1. The molecule has 29 heteroatoms. The monoisotopic (exact) mass is 1310 g/mol. The van der Waals surface area contributed by atoms with Crippen molar-refractivity contribution in [2.45, 2.75) is 134 Å². The highest BCUT2D eigenvalue weighted by atomic mass is 32.2. The number of ether oxygens (including phenoxy) is 3. The number of nitrogens with one attached hydrogen (secondary N) is 4. The summed E-state index contributed by atoms with van der Waals surface area (Å²) in [5.74, 6) is -4.57. The van der Waals surface area contributed by atoms with Crippen molar-refractivity contribution in [3.05, 3.63) is 102 Å². The smallest absolute Gasteiger partial charge is 0.410 e. The highest BCUT2D eigenvalue weighted by Gasteiger charge is 2.34. The van der Waals surface area contributed by atoms with Crippen molar-refractivity contribution < 1.29 is 75.3 Å². The Morgan fingerprint density at radius 3 is 2.17 bits per heavy atom. The van der Waals surface area contributed by atoms with Crippen LogP contribution in [0.1, 0.15) is 104 Å². The zero-order chi connectivity index (χ0) is 67.5. The van der Waals surface area contributed by atoms with Crippen molar-refractivity contribution >= 4 is 81.2 Å². The number of aliphatic hydroxyl groups is 1. The van der Waals surface area contributed by atoms with E-state index < -0.39 is 88.2 Å². The molecule has 3 aromatic rings. The number of nitrogens with two attached hydrogens (primary N) is 1. The summed E-state index contributed by atoms with van der Waals surface area (Å²) in [5, 5.41) is 25.7. The van der Waals surface area contributed by atoms with Gasteiger partial charge in [-0.25, -0.2) is 27.2 Å². The fraction of sp³-hybridized carbons (Fsp3) is 0.531. The lowest BCUT2D eigenvalue weighted by molar-refractivity contribution is -0.151. The fourth-order valence-electron chi connectivity index (χ4n) is 11.1. The molecule has 7 atom stereocenters. The van der Waals surface area contributed by atoms with E-state index in [0.717, 1.165) is 4.90 Å². The molecule has 9 amide bonds. The van der Waals surface area contributed by atoms with Gasteiger partial charge in [0.1, 0.15) is 41.6 Å². The number of nitrogens with zero attached hydrogens (tertiary/aromatic N) is 7. The van der Waals surface area contributed by atoms with Crippen LogP contribution in [-0.2, 0) is 66.7 Å². The van der Waals surface area contributed by atoms with Gasteiger partial charge in [-0.05, 0) is 110 Å². The lowest BCUT2D eigenvalue weighted by Gasteiger charge is -2.35. The minimum Gasteiger partial charge on any atom is -0.457 e. The van der Waals surface area contributed by atoms with Crippen LogP contribution in [0.5, 0.6) is 0 Å². The molecule has 7 rings (SSSR count). The number of benzene rings is 2. The summed E-state index contributed by atoms with van der Waals surface area (Å²) in [4.78, 5) is 122. The average molecular weight is 1320 g/mol. The number of carbonyl (C=O) groups excluding carboxylic acids is 9. The molecule has 0 aliphatic carbocycles. The van der Waals surface area contributed by atoms with Gasteiger partial charge in [-0.15, -0.1) is 0 Å². The molecule has 0 saturated carbocycles. The van der Waals surface area contributed by atoms with Crippen molar-refractivity contribution in [3.63, 3.8) is 0 Å².